The second-order valence-corrected chi connectivity index (χ2v) is 5.04. The molecule has 1 N–H and O–H groups in total. The van der Waals surface area contributed by atoms with Crippen LogP contribution in [-0.2, 0) is 4.79 Å². The van der Waals surface area contributed by atoms with Gasteiger partial charge in [-0.25, -0.2) is 0 Å². The van der Waals surface area contributed by atoms with E-state index in [9.17, 15) is 9.59 Å². The molecule has 124 valence electrons. The van der Waals surface area contributed by atoms with Gasteiger partial charge in [-0.3, -0.25) is 9.59 Å². The number of ketones is 1. The first-order chi connectivity index (χ1) is 11.5. The molecule has 0 unspecified atom stereocenters. The Morgan fingerprint density at radius 2 is 1.71 bits per heavy atom. The van der Waals surface area contributed by atoms with Gasteiger partial charge < -0.3 is 14.8 Å². The number of para-hydroxylation sites is 1. The van der Waals surface area contributed by atoms with Crippen LogP contribution in [-0.4, -0.2) is 25.9 Å². The molecule has 0 atom stereocenters. The molecule has 0 fully saturated rings. The van der Waals surface area contributed by atoms with Crippen molar-refractivity contribution in [2.75, 3.05) is 19.5 Å². The number of ether oxygens (including phenoxy) is 2. The number of carbonyl (C=O) groups excluding carboxylic acids is 2. The van der Waals surface area contributed by atoms with Gasteiger partial charge in [-0.1, -0.05) is 24.3 Å². The Bertz CT molecular complexity index is 781. The number of nitrogens with one attached hydrogen (secondary N) is 1. The number of carbonyl (C=O) groups is 2. The standard InChI is InChI=1S/C19H19NO4/c1-13(21)20-16-7-5-4-6-15(16)17(22)10-8-14-9-11-18(23-2)19(12-14)24-3/h4-12H,1-3H3,(H,20,21)/b10-8-. The number of hydrogen-bond donors (Lipinski definition) is 1. The number of rotatable bonds is 6. The Morgan fingerprint density at radius 3 is 2.38 bits per heavy atom. The van der Waals surface area contributed by atoms with Gasteiger partial charge in [0.05, 0.1) is 19.9 Å². The van der Waals surface area contributed by atoms with Gasteiger partial charge in [0.25, 0.3) is 0 Å². The Hall–Kier alpha value is -3.08. The predicted molar refractivity (Wildman–Crippen MR) is 93.7 cm³/mol. The average Bonchev–Trinajstić information content (AvgIpc) is 2.59. The normalized spacial score (nSPS) is 10.5. The van der Waals surface area contributed by atoms with Crippen LogP contribution >= 0.6 is 0 Å². The van der Waals surface area contributed by atoms with Gasteiger partial charge in [-0.05, 0) is 35.9 Å². The second-order valence-electron chi connectivity index (χ2n) is 5.04. The molecule has 5 nitrogen and oxygen atoms in total. The molecule has 0 aliphatic rings. The molecule has 24 heavy (non-hydrogen) atoms. The largest absolute Gasteiger partial charge is 0.493 e. The van der Waals surface area contributed by atoms with E-state index in [0.29, 0.717) is 22.7 Å². The maximum absolute atomic E-state index is 12.4. The van der Waals surface area contributed by atoms with Crippen LogP contribution in [0.15, 0.2) is 48.5 Å². The topological polar surface area (TPSA) is 64.6 Å². The van der Waals surface area contributed by atoms with E-state index in [4.69, 9.17) is 9.47 Å². The summed E-state index contributed by atoms with van der Waals surface area (Å²) in [6.07, 6.45) is 3.15. The Labute approximate surface area is 140 Å². The fourth-order valence-corrected chi connectivity index (χ4v) is 2.21. The molecular weight excluding hydrogens is 306 g/mol. The van der Waals surface area contributed by atoms with Gasteiger partial charge in [-0.15, -0.1) is 0 Å². The lowest BCUT2D eigenvalue weighted by atomic mass is 10.1. The lowest BCUT2D eigenvalue weighted by Crippen LogP contribution is -2.09. The summed E-state index contributed by atoms with van der Waals surface area (Å²) >= 11 is 0. The number of benzene rings is 2. The molecule has 1 amide bonds. The minimum atomic E-state index is -0.223. The first-order valence-corrected chi connectivity index (χ1v) is 7.36. The number of allylic oxidation sites excluding steroid dienone is 1. The summed E-state index contributed by atoms with van der Waals surface area (Å²) in [7, 11) is 3.12. The first-order valence-electron chi connectivity index (χ1n) is 7.36. The van der Waals surface area contributed by atoms with E-state index in [1.807, 2.05) is 6.07 Å². The number of amides is 1. The van der Waals surface area contributed by atoms with Gasteiger partial charge in [0, 0.05) is 12.5 Å². The summed E-state index contributed by atoms with van der Waals surface area (Å²) in [5, 5.41) is 2.66. The summed E-state index contributed by atoms with van der Waals surface area (Å²) < 4.78 is 10.4. The molecule has 0 aliphatic carbocycles. The maximum atomic E-state index is 12.4. The van der Waals surface area contributed by atoms with Crippen LogP contribution in [0.5, 0.6) is 11.5 Å². The van der Waals surface area contributed by atoms with E-state index in [0.717, 1.165) is 5.56 Å². The fraction of sp³-hybridized carbons (Fsp3) is 0.158. The third-order valence-corrected chi connectivity index (χ3v) is 3.34. The summed E-state index contributed by atoms with van der Waals surface area (Å²) in [5.74, 6) is 0.788. The van der Waals surface area contributed by atoms with Crippen molar-refractivity contribution in [1.29, 1.82) is 0 Å². The molecule has 2 aromatic carbocycles. The molecule has 0 aliphatic heterocycles. The molecule has 2 rings (SSSR count). The van der Waals surface area contributed by atoms with E-state index in [1.165, 1.54) is 13.0 Å². The van der Waals surface area contributed by atoms with Crippen LogP contribution in [0.1, 0.15) is 22.8 Å². The predicted octanol–water partition coefficient (Wildman–Crippen LogP) is 3.56. The molecule has 0 aromatic heterocycles. The molecule has 0 spiro atoms. The van der Waals surface area contributed by atoms with E-state index in [-0.39, 0.29) is 11.7 Å². The van der Waals surface area contributed by atoms with Crippen LogP contribution in [0.3, 0.4) is 0 Å². The smallest absolute Gasteiger partial charge is 0.221 e. The van der Waals surface area contributed by atoms with Gasteiger partial charge in [-0.2, -0.15) is 0 Å². The van der Waals surface area contributed by atoms with Crippen LogP contribution < -0.4 is 14.8 Å². The zero-order chi connectivity index (χ0) is 17.5. The van der Waals surface area contributed by atoms with Crippen LogP contribution in [0, 0.1) is 0 Å². The molecule has 0 heterocycles. The Morgan fingerprint density at radius 1 is 1.00 bits per heavy atom. The van der Waals surface area contributed by atoms with Crippen molar-refractivity contribution in [3.8, 4) is 11.5 Å². The molecule has 0 bridgehead atoms. The van der Waals surface area contributed by atoms with Crippen molar-refractivity contribution in [2.24, 2.45) is 0 Å². The molecule has 0 radical (unpaired) electrons. The van der Waals surface area contributed by atoms with Crippen LogP contribution in [0.4, 0.5) is 5.69 Å². The zero-order valence-corrected chi connectivity index (χ0v) is 13.8. The summed E-state index contributed by atoms with van der Waals surface area (Å²) in [6.45, 7) is 1.40. The number of anilines is 1. The minimum Gasteiger partial charge on any atom is -0.493 e. The quantitative estimate of drug-likeness (QED) is 0.651. The monoisotopic (exact) mass is 325 g/mol. The van der Waals surface area contributed by atoms with Gasteiger partial charge in [0.15, 0.2) is 17.3 Å². The van der Waals surface area contributed by atoms with Crippen LogP contribution in [0.2, 0.25) is 0 Å². The van der Waals surface area contributed by atoms with E-state index >= 15 is 0 Å². The van der Waals surface area contributed by atoms with Crippen molar-refractivity contribution >= 4 is 23.5 Å². The van der Waals surface area contributed by atoms with Crippen molar-refractivity contribution < 1.29 is 19.1 Å². The lowest BCUT2D eigenvalue weighted by Gasteiger charge is -2.08. The maximum Gasteiger partial charge on any atom is 0.221 e. The highest BCUT2D eigenvalue weighted by atomic mass is 16.5. The first kappa shape index (κ1) is 17.3. The lowest BCUT2D eigenvalue weighted by molar-refractivity contribution is -0.114. The van der Waals surface area contributed by atoms with Crippen molar-refractivity contribution in [3.05, 3.63) is 59.7 Å². The van der Waals surface area contributed by atoms with E-state index < -0.39 is 0 Å². The number of methoxy groups -OCH3 is 2. The molecule has 0 saturated carbocycles. The molecular formula is C19H19NO4. The highest BCUT2D eigenvalue weighted by Gasteiger charge is 2.09. The Kier molecular flexibility index (Phi) is 5.73. The molecule has 2 aromatic rings. The number of hydrogen-bond acceptors (Lipinski definition) is 4. The minimum absolute atomic E-state index is 0.200. The fourth-order valence-electron chi connectivity index (χ4n) is 2.21. The van der Waals surface area contributed by atoms with Crippen LogP contribution in [0.25, 0.3) is 6.08 Å². The third kappa shape index (κ3) is 4.23. The highest BCUT2D eigenvalue weighted by molar-refractivity contribution is 6.11. The van der Waals surface area contributed by atoms with Gasteiger partial charge in [0.2, 0.25) is 5.91 Å². The molecule has 5 heteroatoms. The summed E-state index contributed by atoms with van der Waals surface area (Å²) in [4.78, 5) is 23.6. The summed E-state index contributed by atoms with van der Waals surface area (Å²) in [5.41, 5.74) is 1.73. The van der Waals surface area contributed by atoms with Crippen molar-refractivity contribution in [1.82, 2.24) is 0 Å². The SMILES string of the molecule is COc1ccc(/C=C\C(=O)c2ccccc2NC(C)=O)cc1OC. The summed E-state index contributed by atoms with van der Waals surface area (Å²) in [6, 6.07) is 12.3. The zero-order valence-electron chi connectivity index (χ0n) is 13.8. The average molecular weight is 325 g/mol. The third-order valence-electron chi connectivity index (χ3n) is 3.34. The van der Waals surface area contributed by atoms with Crippen molar-refractivity contribution in [3.63, 3.8) is 0 Å². The second kappa shape index (κ2) is 7.97. The van der Waals surface area contributed by atoms with Gasteiger partial charge >= 0.3 is 0 Å². The van der Waals surface area contributed by atoms with Crippen molar-refractivity contribution in [2.45, 2.75) is 6.92 Å². The van der Waals surface area contributed by atoms with Gasteiger partial charge in [0.1, 0.15) is 0 Å². The van der Waals surface area contributed by atoms with E-state index in [2.05, 4.69) is 5.32 Å². The highest BCUT2D eigenvalue weighted by Crippen LogP contribution is 2.28. The molecule has 0 saturated heterocycles. The van der Waals surface area contributed by atoms with E-state index in [1.54, 1.807) is 56.7 Å². The Balaban J connectivity index is 2.24.